The van der Waals surface area contributed by atoms with Crippen molar-refractivity contribution in [3.8, 4) is 0 Å². The van der Waals surface area contributed by atoms with E-state index in [4.69, 9.17) is 47.7 Å². The molecule has 0 heterocycles. The second-order valence-electron chi connectivity index (χ2n) is 9.86. The Morgan fingerprint density at radius 3 is 1.41 bits per heavy atom. The molecule has 0 atom stereocenters. The molecule has 280 valence electrons. The third kappa shape index (κ3) is 26.0. The summed E-state index contributed by atoms with van der Waals surface area (Å²) in [6, 6.07) is 3.40. The van der Waals surface area contributed by atoms with Crippen molar-refractivity contribution >= 4 is 29.0 Å². The molecule has 19 nitrogen and oxygen atoms in total. The van der Waals surface area contributed by atoms with E-state index < -0.39 is 15.8 Å². The first kappa shape index (κ1) is 43.5. The maximum absolute atomic E-state index is 11.5. The Kier molecular flexibility index (Phi) is 27.0. The highest BCUT2D eigenvalue weighted by atomic mass is 16.6. The fourth-order valence-electron chi connectivity index (χ4n) is 3.67. The average molecular weight is 708 g/mol. The van der Waals surface area contributed by atoms with Crippen molar-refractivity contribution < 1.29 is 67.2 Å². The van der Waals surface area contributed by atoms with E-state index in [1.54, 1.807) is 0 Å². The number of rotatable bonds is 35. The second kappa shape index (κ2) is 30.5. The summed E-state index contributed by atoms with van der Waals surface area (Å²) in [5.41, 5.74) is -0.551. The first-order chi connectivity index (χ1) is 23.8. The number of aliphatic carboxylic acids is 1. The molecule has 0 aliphatic rings. The van der Waals surface area contributed by atoms with Crippen LogP contribution in [0.1, 0.15) is 25.7 Å². The molecule has 0 saturated carbocycles. The number of nitrogens with one attached hydrogen (secondary N) is 1. The van der Waals surface area contributed by atoms with Crippen LogP contribution in [-0.2, 0) is 52.2 Å². The first-order valence-corrected chi connectivity index (χ1v) is 16.0. The lowest BCUT2D eigenvalue weighted by Gasteiger charge is -2.09. The number of carboxylic acid groups (broad SMARTS) is 1. The molecule has 0 bridgehead atoms. The van der Waals surface area contributed by atoms with Crippen LogP contribution in [0.4, 0.5) is 17.1 Å². The van der Waals surface area contributed by atoms with Gasteiger partial charge in [0.05, 0.1) is 122 Å². The molecule has 0 saturated heterocycles. The molecule has 0 fully saturated rings. The van der Waals surface area contributed by atoms with Gasteiger partial charge in [0.15, 0.2) is 0 Å². The largest absolute Gasteiger partial charge is 0.481 e. The van der Waals surface area contributed by atoms with E-state index in [0.29, 0.717) is 105 Å². The quantitative estimate of drug-likeness (QED) is 0.0445. The van der Waals surface area contributed by atoms with Crippen molar-refractivity contribution in [2.75, 3.05) is 124 Å². The summed E-state index contributed by atoms with van der Waals surface area (Å²) >= 11 is 0. The fourth-order valence-corrected chi connectivity index (χ4v) is 3.67. The molecule has 0 radical (unpaired) electrons. The highest BCUT2D eigenvalue weighted by Gasteiger charge is 2.19. The van der Waals surface area contributed by atoms with Crippen molar-refractivity contribution in [3.05, 3.63) is 38.4 Å². The second-order valence-corrected chi connectivity index (χ2v) is 9.86. The number of carbonyl (C=O) groups excluding carboxylic acids is 1. The van der Waals surface area contributed by atoms with Gasteiger partial charge in [-0.1, -0.05) is 0 Å². The van der Waals surface area contributed by atoms with Crippen molar-refractivity contribution in [1.82, 2.24) is 0 Å². The Morgan fingerprint density at radius 1 is 0.592 bits per heavy atom. The molecule has 0 aliphatic carbocycles. The maximum Gasteiger partial charge on any atom is 0.305 e. The van der Waals surface area contributed by atoms with E-state index in [9.17, 15) is 29.8 Å². The normalized spacial score (nSPS) is 11.0. The van der Waals surface area contributed by atoms with Crippen molar-refractivity contribution in [2.45, 2.75) is 25.7 Å². The first-order valence-electron chi connectivity index (χ1n) is 16.0. The number of ether oxygens (including phenoxy) is 9. The van der Waals surface area contributed by atoms with Gasteiger partial charge in [0.2, 0.25) is 0 Å². The van der Waals surface area contributed by atoms with Gasteiger partial charge in [-0.05, 0) is 18.9 Å². The molecule has 0 aliphatic heterocycles. The number of carboxylic acids is 1. The molecule has 0 amide bonds. The number of carbonyl (C=O) groups is 2. The summed E-state index contributed by atoms with van der Waals surface area (Å²) in [5, 5.41) is 33.3. The van der Waals surface area contributed by atoms with E-state index >= 15 is 0 Å². The molecule has 0 unspecified atom stereocenters. The number of unbranched alkanes of at least 4 members (excludes halogenated alkanes) is 1. The van der Waals surface area contributed by atoms with Crippen LogP contribution in [0.2, 0.25) is 0 Å². The number of nitro groups is 2. The van der Waals surface area contributed by atoms with Gasteiger partial charge in [0.25, 0.3) is 11.4 Å². The Balaban J connectivity index is 1.75. The average Bonchev–Trinajstić information content (AvgIpc) is 3.07. The number of hydrogen-bond donors (Lipinski definition) is 2. The fraction of sp³-hybridized carbons (Fsp3) is 0.733. The summed E-state index contributed by atoms with van der Waals surface area (Å²) < 4.78 is 48.2. The molecule has 2 N–H and O–H groups in total. The third-order valence-electron chi connectivity index (χ3n) is 6.07. The van der Waals surface area contributed by atoms with Crippen LogP contribution in [0.3, 0.4) is 0 Å². The summed E-state index contributed by atoms with van der Waals surface area (Å²) in [4.78, 5) is 42.4. The molecule has 1 aromatic carbocycles. The lowest BCUT2D eigenvalue weighted by Crippen LogP contribution is -2.16. The maximum atomic E-state index is 11.5. The Hall–Kier alpha value is -3.56. The summed E-state index contributed by atoms with van der Waals surface area (Å²) in [6.45, 7) is 6.57. The summed E-state index contributed by atoms with van der Waals surface area (Å²) in [5.74, 6) is -1.24. The molecule has 1 rings (SSSR count). The zero-order chi connectivity index (χ0) is 35.8. The predicted octanol–water partition coefficient (Wildman–Crippen LogP) is 2.24. The van der Waals surface area contributed by atoms with Crippen LogP contribution in [0.15, 0.2) is 18.2 Å². The highest BCUT2D eigenvalue weighted by Crippen LogP contribution is 2.28. The molecular formula is C30H49N3O16. The predicted molar refractivity (Wildman–Crippen MR) is 172 cm³/mol. The topological polar surface area (TPSA) is 236 Å². The number of hydrogen-bond acceptors (Lipinski definition) is 16. The molecule has 0 spiro atoms. The van der Waals surface area contributed by atoms with Gasteiger partial charge in [0, 0.05) is 25.5 Å². The lowest BCUT2D eigenvalue weighted by molar-refractivity contribution is -0.393. The van der Waals surface area contributed by atoms with Crippen LogP contribution in [-0.4, -0.2) is 146 Å². The molecule has 1 aromatic rings. The molecular weight excluding hydrogens is 658 g/mol. The summed E-state index contributed by atoms with van der Waals surface area (Å²) in [6.07, 6.45) is 1.18. The Labute approximate surface area is 284 Å². The van der Waals surface area contributed by atoms with Gasteiger partial charge in [-0.15, -0.1) is 0 Å². The zero-order valence-corrected chi connectivity index (χ0v) is 27.8. The SMILES string of the molecule is O=C(O)CCCCC(=O)OCCOCCOCCOCCOCCOCCOCCOCCOCCNc1ccc([N+](=O)[O-])cc1[N+](=O)[O-]. The van der Waals surface area contributed by atoms with Crippen LogP contribution in [0, 0.1) is 20.2 Å². The molecule has 19 heteroatoms. The Morgan fingerprint density at radius 2 is 1.00 bits per heavy atom. The number of anilines is 1. The monoisotopic (exact) mass is 707 g/mol. The van der Waals surface area contributed by atoms with Crippen molar-refractivity contribution in [1.29, 1.82) is 0 Å². The number of esters is 1. The van der Waals surface area contributed by atoms with E-state index in [1.807, 2.05) is 0 Å². The summed E-state index contributed by atoms with van der Waals surface area (Å²) in [7, 11) is 0. The van der Waals surface area contributed by atoms with E-state index in [1.165, 1.54) is 12.1 Å². The number of non-ortho nitro benzene ring substituents is 1. The van der Waals surface area contributed by atoms with Crippen LogP contribution < -0.4 is 5.32 Å². The number of nitrogens with zero attached hydrogens (tertiary/aromatic N) is 2. The van der Waals surface area contributed by atoms with Crippen LogP contribution >= 0.6 is 0 Å². The number of nitro benzene ring substituents is 2. The van der Waals surface area contributed by atoms with Crippen molar-refractivity contribution in [2.24, 2.45) is 0 Å². The van der Waals surface area contributed by atoms with Crippen LogP contribution in [0.5, 0.6) is 0 Å². The van der Waals surface area contributed by atoms with Crippen LogP contribution in [0.25, 0.3) is 0 Å². The minimum atomic E-state index is -0.875. The van der Waals surface area contributed by atoms with E-state index in [-0.39, 0.29) is 62.2 Å². The van der Waals surface area contributed by atoms with E-state index in [0.717, 1.165) is 6.07 Å². The smallest absolute Gasteiger partial charge is 0.305 e. The standard InChI is InChI=1S/C30H49N3O16/c34-29(35)3-1-2-4-30(36)49-24-23-48-22-21-47-20-19-46-18-17-45-16-15-44-14-13-43-12-11-42-10-9-41-8-7-31-27-6-5-26(32(37)38)25-28(27)33(39)40/h5-6,25,31H,1-4,7-24H2,(H,34,35). The zero-order valence-electron chi connectivity index (χ0n) is 27.8. The van der Waals surface area contributed by atoms with Gasteiger partial charge < -0.3 is 53.1 Å². The third-order valence-corrected chi connectivity index (χ3v) is 6.07. The minimum absolute atomic E-state index is 0.0471. The lowest BCUT2D eigenvalue weighted by atomic mass is 10.2. The highest BCUT2D eigenvalue weighted by molar-refractivity contribution is 5.69. The Bertz CT molecular complexity index is 1050. The van der Waals surface area contributed by atoms with Gasteiger partial charge in [-0.3, -0.25) is 29.8 Å². The minimum Gasteiger partial charge on any atom is -0.481 e. The molecule has 0 aromatic heterocycles. The van der Waals surface area contributed by atoms with Crippen molar-refractivity contribution in [3.63, 3.8) is 0 Å². The van der Waals surface area contributed by atoms with Gasteiger partial charge >= 0.3 is 11.9 Å². The van der Waals surface area contributed by atoms with Gasteiger partial charge in [-0.25, -0.2) is 0 Å². The number of benzene rings is 1. The molecule has 49 heavy (non-hydrogen) atoms. The van der Waals surface area contributed by atoms with Gasteiger partial charge in [-0.2, -0.15) is 0 Å². The van der Waals surface area contributed by atoms with E-state index in [2.05, 4.69) is 5.32 Å². The van der Waals surface area contributed by atoms with Gasteiger partial charge in [0.1, 0.15) is 12.3 Å².